The van der Waals surface area contributed by atoms with Gasteiger partial charge in [-0.15, -0.1) is 0 Å². The molecular formula is C16H21NO3. The maximum absolute atomic E-state index is 5.48. The molecule has 0 aliphatic carbocycles. The van der Waals surface area contributed by atoms with Crippen molar-refractivity contribution in [3.63, 3.8) is 0 Å². The van der Waals surface area contributed by atoms with Crippen LogP contribution in [0.15, 0.2) is 34.9 Å². The molecule has 0 aliphatic heterocycles. The minimum absolute atomic E-state index is 0.141. The number of hydrogen-bond donors (Lipinski definition) is 1. The van der Waals surface area contributed by atoms with E-state index in [2.05, 4.69) is 12.2 Å². The van der Waals surface area contributed by atoms with Gasteiger partial charge in [0.15, 0.2) is 11.5 Å². The van der Waals surface area contributed by atoms with Gasteiger partial charge >= 0.3 is 0 Å². The van der Waals surface area contributed by atoms with E-state index in [9.17, 15) is 0 Å². The van der Waals surface area contributed by atoms with Crippen molar-refractivity contribution in [3.8, 4) is 11.5 Å². The van der Waals surface area contributed by atoms with E-state index in [1.54, 1.807) is 20.5 Å². The molecule has 1 aromatic carbocycles. The summed E-state index contributed by atoms with van der Waals surface area (Å²) in [5, 5.41) is 3.50. The third-order valence-corrected chi connectivity index (χ3v) is 3.36. The second kappa shape index (κ2) is 6.37. The number of benzene rings is 1. The van der Waals surface area contributed by atoms with Crippen LogP contribution in [0.3, 0.4) is 0 Å². The molecule has 2 aromatic rings. The second-order valence-electron chi connectivity index (χ2n) is 4.64. The SMILES string of the molecule is CCC(Nc1cc(OC)c(OC)cc1C)c1ccco1. The molecule has 4 nitrogen and oxygen atoms in total. The van der Waals surface area contributed by atoms with Gasteiger partial charge < -0.3 is 19.2 Å². The molecule has 1 unspecified atom stereocenters. The topological polar surface area (TPSA) is 43.6 Å². The molecule has 1 heterocycles. The standard InChI is InChI=1S/C16H21NO3/c1-5-12(14-7-6-8-20-14)17-13-10-16(19-4)15(18-3)9-11(13)2/h6-10,12,17H,5H2,1-4H3. The summed E-state index contributed by atoms with van der Waals surface area (Å²) in [6, 6.07) is 7.95. The van der Waals surface area contributed by atoms with Gasteiger partial charge in [0.1, 0.15) is 5.76 Å². The van der Waals surface area contributed by atoms with Crippen LogP contribution in [0.5, 0.6) is 11.5 Å². The third-order valence-electron chi connectivity index (χ3n) is 3.36. The first-order chi connectivity index (χ1) is 9.69. The van der Waals surface area contributed by atoms with Crippen LogP contribution in [0.4, 0.5) is 5.69 Å². The second-order valence-corrected chi connectivity index (χ2v) is 4.64. The fourth-order valence-corrected chi connectivity index (χ4v) is 2.19. The first kappa shape index (κ1) is 14.3. The summed E-state index contributed by atoms with van der Waals surface area (Å²) in [4.78, 5) is 0. The third kappa shape index (κ3) is 2.90. The molecule has 4 heteroatoms. The Hall–Kier alpha value is -2.10. The summed E-state index contributed by atoms with van der Waals surface area (Å²) in [5.41, 5.74) is 2.12. The van der Waals surface area contributed by atoms with E-state index in [1.165, 1.54) is 0 Å². The normalized spacial score (nSPS) is 12.0. The van der Waals surface area contributed by atoms with Gasteiger partial charge in [0.25, 0.3) is 0 Å². The van der Waals surface area contributed by atoms with E-state index in [1.807, 2.05) is 31.2 Å². The molecule has 0 aliphatic rings. The first-order valence-corrected chi connectivity index (χ1v) is 6.72. The average Bonchev–Trinajstić information content (AvgIpc) is 2.99. The zero-order valence-corrected chi connectivity index (χ0v) is 12.4. The Bertz CT molecular complexity index is 549. The molecular weight excluding hydrogens is 254 g/mol. The number of ether oxygens (including phenoxy) is 2. The van der Waals surface area contributed by atoms with E-state index in [-0.39, 0.29) is 6.04 Å². The summed E-state index contributed by atoms with van der Waals surface area (Å²) in [7, 11) is 3.28. The van der Waals surface area contributed by atoms with Gasteiger partial charge in [0.05, 0.1) is 26.5 Å². The Morgan fingerprint density at radius 3 is 2.45 bits per heavy atom. The lowest BCUT2D eigenvalue weighted by Gasteiger charge is -2.19. The molecule has 0 fully saturated rings. The minimum atomic E-state index is 0.141. The van der Waals surface area contributed by atoms with Gasteiger partial charge in [-0.1, -0.05) is 6.92 Å². The summed E-state index contributed by atoms with van der Waals surface area (Å²) in [5.74, 6) is 2.39. The van der Waals surface area contributed by atoms with Gasteiger partial charge in [0, 0.05) is 11.8 Å². The summed E-state index contributed by atoms with van der Waals surface area (Å²) >= 11 is 0. The van der Waals surface area contributed by atoms with Crippen LogP contribution < -0.4 is 14.8 Å². The van der Waals surface area contributed by atoms with Crippen LogP contribution >= 0.6 is 0 Å². The van der Waals surface area contributed by atoms with Crippen molar-refractivity contribution < 1.29 is 13.9 Å². The molecule has 1 N–H and O–H groups in total. The van der Waals surface area contributed by atoms with Crippen LogP contribution in [0, 0.1) is 6.92 Å². The summed E-state index contributed by atoms with van der Waals surface area (Å²) in [6.07, 6.45) is 2.63. The maximum atomic E-state index is 5.48. The van der Waals surface area contributed by atoms with E-state index >= 15 is 0 Å². The monoisotopic (exact) mass is 275 g/mol. The Balaban J connectivity index is 2.28. The van der Waals surface area contributed by atoms with Crippen LogP contribution in [0.25, 0.3) is 0 Å². The number of furan rings is 1. The molecule has 0 amide bonds. The lowest BCUT2D eigenvalue weighted by molar-refractivity contribution is 0.355. The van der Waals surface area contributed by atoms with Gasteiger partial charge in [-0.05, 0) is 37.1 Å². The molecule has 0 saturated heterocycles. The zero-order chi connectivity index (χ0) is 14.5. The minimum Gasteiger partial charge on any atom is -0.493 e. The Morgan fingerprint density at radius 2 is 1.90 bits per heavy atom. The highest BCUT2D eigenvalue weighted by Gasteiger charge is 2.15. The van der Waals surface area contributed by atoms with Crippen LogP contribution in [0.2, 0.25) is 0 Å². The van der Waals surface area contributed by atoms with Crippen molar-refractivity contribution in [2.45, 2.75) is 26.3 Å². The molecule has 0 radical (unpaired) electrons. The number of rotatable bonds is 6. The Morgan fingerprint density at radius 1 is 1.20 bits per heavy atom. The highest BCUT2D eigenvalue weighted by atomic mass is 16.5. The molecule has 1 atom stereocenters. The summed E-state index contributed by atoms with van der Waals surface area (Å²) < 4.78 is 16.1. The summed E-state index contributed by atoms with van der Waals surface area (Å²) in [6.45, 7) is 4.16. The number of nitrogens with one attached hydrogen (secondary N) is 1. The van der Waals surface area contributed by atoms with Crippen molar-refractivity contribution in [1.82, 2.24) is 0 Å². The molecule has 0 saturated carbocycles. The van der Waals surface area contributed by atoms with Crippen molar-refractivity contribution in [2.75, 3.05) is 19.5 Å². The fraction of sp³-hybridized carbons (Fsp3) is 0.375. The van der Waals surface area contributed by atoms with Crippen LogP contribution in [0.1, 0.15) is 30.7 Å². The van der Waals surface area contributed by atoms with Gasteiger partial charge in [-0.3, -0.25) is 0 Å². The number of aryl methyl sites for hydroxylation is 1. The number of hydrogen-bond acceptors (Lipinski definition) is 4. The Labute approximate surface area is 119 Å². The highest BCUT2D eigenvalue weighted by molar-refractivity contribution is 5.60. The van der Waals surface area contributed by atoms with E-state index in [4.69, 9.17) is 13.9 Å². The molecule has 108 valence electrons. The van der Waals surface area contributed by atoms with Gasteiger partial charge in [0.2, 0.25) is 0 Å². The molecule has 20 heavy (non-hydrogen) atoms. The molecule has 1 aromatic heterocycles. The quantitative estimate of drug-likeness (QED) is 0.859. The lowest BCUT2D eigenvalue weighted by Crippen LogP contribution is -2.10. The lowest BCUT2D eigenvalue weighted by atomic mass is 10.1. The van der Waals surface area contributed by atoms with Crippen molar-refractivity contribution >= 4 is 5.69 Å². The average molecular weight is 275 g/mol. The zero-order valence-electron chi connectivity index (χ0n) is 12.4. The van der Waals surface area contributed by atoms with E-state index < -0.39 is 0 Å². The fourth-order valence-electron chi connectivity index (χ4n) is 2.19. The van der Waals surface area contributed by atoms with E-state index in [0.717, 1.165) is 34.9 Å². The predicted octanol–water partition coefficient (Wildman–Crippen LogP) is 4.17. The first-order valence-electron chi connectivity index (χ1n) is 6.72. The smallest absolute Gasteiger partial charge is 0.162 e. The molecule has 2 rings (SSSR count). The Kier molecular flexibility index (Phi) is 4.56. The van der Waals surface area contributed by atoms with Crippen LogP contribution in [-0.2, 0) is 0 Å². The maximum Gasteiger partial charge on any atom is 0.162 e. The van der Waals surface area contributed by atoms with Gasteiger partial charge in [-0.25, -0.2) is 0 Å². The van der Waals surface area contributed by atoms with Crippen molar-refractivity contribution in [1.29, 1.82) is 0 Å². The van der Waals surface area contributed by atoms with Crippen molar-refractivity contribution in [3.05, 3.63) is 41.9 Å². The molecule has 0 bridgehead atoms. The number of methoxy groups -OCH3 is 2. The molecule has 0 spiro atoms. The largest absolute Gasteiger partial charge is 0.493 e. The van der Waals surface area contributed by atoms with Crippen molar-refractivity contribution in [2.24, 2.45) is 0 Å². The van der Waals surface area contributed by atoms with Gasteiger partial charge in [-0.2, -0.15) is 0 Å². The van der Waals surface area contributed by atoms with E-state index in [0.29, 0.717) is 0 Å². The predicted molar refractivity (Wildman–Crippen MR) is 79.6 cm³/mol. The highest BCUT2D eigenvalue weighted by Crippen LogP contribution is 2.35. The number of anilines is 1. The van der Waals surface area contributed by atoms with Crippen LogP contribution in [-0.4, -0.2) is 14.2 Å².